The summed E-state index contributed by atoms with van der Waals surface area (Å²) in [6, 6.07) is 9.86. The summed E-state index contributed by atoms with van der Waals surface area (Å²) in [5.74, 6) is 1.80. The van der Waals surface area contributed by atoms with E-state index in [0.29, 0.717) is 0 Å². The largest absolute Gasteiger partial charge is 0.464 e. The van der Waals surface area contributed by atoms with E-state index in [0.717, 1.165) is 29.5 Å². The topological polar surface area (TPSA) is 26.3 Å². The molecule has 0 aliphatic carbocycles. The Kier molecular flexibility index (Phi) is 3.11. The van der Waals surface area contributed by atoms with E-state index in [4.69, 9.17) is 8.83 Å². The summed E-state index contributed by atoms with van der Waals surface area (Å²) in [6.07, 6.45) is 3.39. The first-order valence-electron chi connectivity index (χ1n) is 5.50. The van der Waals surface area contributed by atoms with E-state index in [1.807, 2.05) is 24.3 Å². The van der Waals surface area contributed by atoms with Crippen LogP contribution in [0.4, 0.5) is 0 Å². The highest BCUT2D eigenvalue weighted by Gasteiger charge is 2.12. The van der Waals surface area contributed by atoms with Crippen molar-refractivity contribution in [2.45, 2.75) is 6.92 Å². The molecule has 2 nitrogen and oxygen atoms in total. The molecule has 0 aliphatic rings. The van der Waals surface area contributed by atoms with E-state index in [1.165, 1.54) is 10.9 Å². The van der Waals surface area contributed by atoms with Crippen molar-refractivity contribution in [3.8, 4) is 22.1 Å². The van der Waals surface area contributed by atoms with Gasteiger partial charge in [0.25, 0.3) is 0 Å². The first-order valence-corrected chi connectivity index (χ1v) is 7.19. The normalized spacial score (nSPS) is 11.2. The van der Waals surface area contributed by atoms with Crippen molar-refractivity contribution in [3.63, 3.8) is 0 Å². The van der Waals surface area contributed by atoms with Crippen molar-refractivity contribution >= 4 is 24.1 Å². The Hall–Kier alpha value is -1.31. The van der Waals surface area contributed by atoms with Gasteiger partial charge in [-0.15, -0.1) is 0 Å². The predicted molar refractivity (Wildman–Crippen MR) is 76.8 cm³/mol. The molecular weight excluding hydrogens is 311 g/mol. The van der Waals surface area contributed by atoms with E-state index in [9.17, 15) is 0 Å². The number of furan rings is 2. The zero-order valence-corrected chi connectivity index (χ0v) is 12.2. The molecule has 0 aliphatic heterocycles. The summed E-state index contributed by atoms with van der Waals surface area (Å²) in [5.41, 5.74) is 1.20. The number of hydrogen-bond donors (Lipinski definition) is 0. The molecule has 4 heteroatoms. The Labute approximate surface area is 115 Å². The average Bonchev–Trinajstić information content (AvgIpc) is 3.03. The van der Waals surface area contributed by atoms with Crippen LogP contribution in [0.3, 0.4) is 0 Å². The lowest BCUT2D eigenvalue weighted by Crippen LogP contribution is -1.81. The molecule has 0 saturated carbocycles. The van der Waals surface area contributed by atoms with E-state index < -0.39 is 0 Å². The Bertz CT molecular complexity index is 657. The van der Waals surface area contributed by atoms with Crippen molar-refractivity contribution in [3.05, 3.63) is 52.9 Å². The molecule has 3 heterocycles. The SMILES string of the molecule is Cc1c(Br)cc(-c2ccco2)pc1-c1ccco1. The summed E-state index contributed by atoms with van der Waals surface area (Å²) < 4.78 is 12.0. The third-order valence-electron chi connectivity index (χ3n) is 2.74. The van der Waals surface area contributed by atoms with Crippen molar-refractivity contribution in [2.75, 3.05) is 0 Å². The van der Waals surface area contributed by atoms with Crippen LogP contribution >= 0.6 is 24.1 Å². The smallest absolute Gasteiger partial charge is 0.138 e. The quantitative estimate of drug-likeness (QED) is 0.591. The van der Waals surface area contributed by atoms with Crippen molar-refractivity contribution in [1.82, 2.24) is 0 Å². The summed E-state index contributed by atoms with van der Waals surface area (Å²) in [4.78, 5) is 0. The fourth-order valence-corrected chi connectivity index (χ4v) is 3.74. The lowest BCUT2D eigenvalue weighted by molar-refractivity contribution is 0.582. The van der Waals surface area contributed by atoms with E-state index in [1.54, 1.807) is 12.5 Å². The minimum absolute atomic E-state index is 0.894. The number of hydrogen-bond acceptors (Lipinski definition) is 2. The third-order valence-corrected chi connectivity index (χ3v) is 4.93. The second-order valence-corrected chi connectivity index (χ2v) is 5.92. The molecule has 18 heavy (non-hydrogen) atoms. The fourth-order valence-electron chi connectivity index (χ4n) is 1.78. The maximum Gasteiger partial charge on any atom is 0.138 e. The lowest BCUT2D eigenvalue weighted by Gasteiger charge is -2.07. The van der Waals surface area contributed by atoms with Crippen LogP contribution in [0.15, 0.2) is 56.2 Å². The lowest BCUT2D eigenvalue weighted by atomic mass is 10.2. The minimum Gasteiger partial charge on any atom is -0.464 e. The van der Waals surface area contributed by atoms with Gasteiger partial charge in [0.2, 0.25) is 0 Å². The molecule has 0 saturated heterocycles. The van der Waals surface area contributed by atoms with Crippen LogP contribution in [0.2, 0.25) is 0 Å². The standard InChI is InChI=1S/C14H10BrO2P/c1-9-10(15)8-13(11-4-2-6-16-11)18-14(9)12-5-3-7-17-12/h2-8H,1H3. The first-order chi connectivity index (χ1) is 8.75. The molecule has 0 amide bonds. The van der Waals surface area contributed by atoms with Gasteiger partial charge in [0, 0.05) is 15.1 Å². The maximum absolute atomic E-state index is 5.50. The Morgan fingerprint density at radius 2 is 1.72 bits per heavy atom. The van der Waals surface area contributed by atoms with Gasteiger partial charge in [0.1, 0.15) is 11.5 Å². The number of halogens is 1. The van der Waals surface area contributed by atoms with Gasteiger partial charge in [-0.1, -0.05) is 24.1 Å². The fraction of sp³-hybridized carbons (Fsp3) is 0.0714. The zero-order valence-electron chi connectivity index (χ0n) is 9.68. The molecule has 0 N–H and O–H groups in total. The van der Waals surface area contributed by atoms with E-state index in [2.05, 4.69) is 28.9 Å². The summed E-state index contributed by atoms with van der Waals surface area (Å²) in [5, 5.41) is 2.30. The molecule has 3 aromatic heterocycles. The molecule has 3 rings (SSSR count). The van der Waals surface area contributed by atoms with Crippen LogP contribution < -0.4 is 0 Å². The molecule has 0 radical (unpaired) electrons. The van der Waals surface area contributed by atoms with Gasteiger partial charge in [0.15, 0.2) is 0 Å². The van der Waals surface area contributed by atoms with Gasteiger partial charge in [-0.2, -0.15) is 0 Å². The zero-order chi connectivity index (χ0) is 12.5. The van der Waals surface area contributed by atoms with Crippen LogP contribution in [0.25, 0.3) is 22.1 Å². The second-order valence-electron chi connectivity index (χ2n) is 3.92. The molecule has 0 fully saturated rings. The molecular formula is C14H10BrO2P. The second kappa shape index (κ2) is 4.75. The van der Waals surface area contributed by atoms with Crippen LogP contribution in [-0.4, -0.2) is 0 Å². The number of rotatable bonds is 2. The van der Waals surface area contributed by atoms with Crippen molar-refractivity contribution in [1.29, 1.82) is 0 Å². The van der Waals surface area contributed by atoms with Crippen molar-refractivity contribution < 1.29 is 8.83 Å². The monoisotopic (exact) mass is 320 g/mol. The van der Waals surface area contributed by atoms with Crippen LogP contribution in [0.5, 0.6) is 0 Å². The average molecular weight is 321 g/mol. The molecule has 0 spiro atoms. The first kappa shape index (κ1) is 11.8. The molecule has 0 bridgehead atoms. The third kappa shape index (κ3) is 2.05. The minimum atomic E-state index is 0.894. The summed E-state index contributed by atoms with van der Waals surface area (Å²) >= 11 is 3.60. The van der Waals surface area contributed by atoms with Gasteiger partial charge >= 0.3 is 0 Å². The summed E-state index contributed by atoms with van der Waals surface area (Å²) in [7, 11) is 1.10. The molecule has 0 atom stereocenters. The van der Waals surface area contributed by atoms with Crippen LogP contribution in [0.1, 0.15) is 5.56 Å². The van der Waals surface area contributed by atoms with Gasteiger partial charge < -0.3 is 8.83 Å². The molecule has 0 unspecified atom stereocenters. The molecule has 0 aromatic carbocycles. The highest BCUT2D eigenvalue weighted by molar-refractivity contribution is 9.10. The summed E-state index contributed by atoms with van der Waals surface area (Å²) in [6.45, 7) is 2.09. The maximum atomic E-state index is 5.50. The Balaban J connectivity index is 2.20. The van der Waals surface area contributed by atoms with E-state index >= 15 is 0 Å². The predicted octanol–water partition coefficient (Wildman–Crippen LogP) is 5.86. The van der Waals surface area contributed by atoms with Crippen molar-refractivity contribution in [2.24, 2.45) is 0 Å². The van der Waals surface area contributed by atoms with Gasteiger partial charge in [-0.05, 0) is 42.8 Å². The van der Waals surface area contributed by atoms with Gasteiger partial charge in [0.05, 0.1) is 12.5 Å². The van der Waals surface area contributed by atoms with Gasteiger partial charge in [-0.25, -0.2) is 0 Å². The Morgan fingerprint density at radius 3 is 2.33 bits per heavy atom. The van der Waals surface area contributed by atoms with Crippen LogP contribution in [-0.2, 0) is 0 Å². The van der Waals surface area contributed by atoms with Crippen LogP contribution in [0, 0.1) is 6.92 Å². The highest BCUT2D eigenvalue weighted by Crippen LogP contribution is 2.42. The molecule has 90 valence electrons. The highest BCUT2D eigenvalue weighted by atomic mass is 79.9. The Morgan fingerprint density at radius 1 is 1.06 bits per heavy atom. The van der Waals surface area contributed by atoms with E-state index in [-0.39, 0.29) is 0 Å². The van der Waals surface area contributed by atoms with Gasteiger partial charge in [-0.3, -0.25) is 0 Å². The molecule has 3 aromatic rings.